The molecule has 2 aromatic rings. The van der Waals surface area contributed by atoms with Crippen LogP contribution in [0.15, 0.2) is 47.5 Å². The Morgan fingerprint density at radius 1 is 0.900 bits per heavy atom. The smallest absolute Gasteiger partial charge is 0.410 e. The van der Waals surface area contributed by atoms with E-state index in [0.717, 1.165) is 0 Å². The minimum Gasteiger partial charge on any atom is -0.450 e. The van der Waals surface area contributed by atoms with Gasteiger partial charge in [0.05, 0.1) is 19.7 Å². The molecule has 2 aromatic carbocycles. The van der Waals surface area contributed by atoms with Gasteiger partial charge in [0.1, 0.15) is 0 Å². The van der Waals surface area contributed by atoms with Crippen molar-refractivity contribution in [3.63, 3.8) is 0 Å². The van der Waals surface area contributed by atoms with Crippen molar-refractivity contribution < 1.29 is 14.3 Å². The molecule has 0 unspecified atom stereocenters. The lowest BCUT2D eigenvalue weighted by Crippen LogP contribution is -2.41. The van der Waals surface area contributed by atoms with Crippen molar-refractivity contribution >= 4 is 70.4 Å². The highest BCUT2D eigenvalue weighted by Gasteiger charge is 2.30. The summed E-state index contributed by atoms with van der Waals surface area (Å²) in [7, 11) is 0. The van der Waals surface area contributed by atoms with Gasteiger partial charge < -0.3 is 4.74 Å². The van der Waals surface area contributed by atoms with Gasteiger partial charge in [0.15, 0.2) is 5.78 Å². The molecule has 1 aliphatic heterocycles. The topological polar surface area (TPSA) is 46.6 Å². The van der Waals surface area contributed by atoms with Gasteiger partial charge in [-0.2, -0.15) is 0 Å². The summed E-state index contributed by atoms with van der Waals surface area (Å²) in [5, 5.41) is 1.60. The number of piperidine rings is 1. The fourth-order valence-electron chi connectivity index (χ4n) is 3.03. The number of carbonyl (C=O) groups excluding carboxylic acids is 2. The van der Waals surface area contributed by atoms with E-state index in [-0.39, 0.29) is 25.5 Å². The highest BCUT2D eigenvalue weighted by atomic mass is 35.5. The average molecular weight is 485 g/mol. The minimum atomic E-state index is -0.530. The highest BCUT2D eigenvalue weighted by Crippen LogP contribution is 2.32. The number of nitrogens with zero attached hydrogens (tertiary/aromatic N) is 1. The quantitative estimate of drug-likeness (QED) is 0.449. The molecule has 4 nitrogen and oxygen atoms in total. The summed E-state index contributed by atoms with van der Waals surface area (Å²) < 4.78 is 5.13. The zero-order chi connectivity index (χ0) is 21.8. The normalized spacial score (nSPS) is 17.0. The lowest BCUT2D eigenvalue weighted by Gasteiger charge is -2.29. The predicted molar refractivity (Wildman–Crippen MR) is 122 cm³/mol. The second kappa shape index (κ2) is 9.88. The maximum atomic E-state index is 13.2. The number of ether oxygens (including phenoxy) is 1. The minimum absolute atomic E-state index is 0.0623. The fourth-order valence-corrected chi connectivity index (χ4v) is 4.04. The molecule has 1 aliphatic rings. The number of carbonyl (C=O) groups is 2. The largest absolute Gasteiger partial charge is 0.450 e. The molecule has 1 amide bonds. The van der Waals surface area contributed by atoms with Gasteiger partial charge in [-0.15, -0.1) is 0 Å². The van der Waals surface area contributed by atoms with Crippen LogP contribution in [-0.2, 0) is 9.53 Å². The third-order valence-electron chi connectivity index (χ3n) is 4.47. The summed E-state index contributed by atoms with van der Waals surface area (Å²) in [6, 6.07) is 10.1. The van der Waals surface area contributed by atoms with E-state index in [1.807, 2.05) is 0 Å². The van der Waals surface area contributed by atoms with Gasteiger partial charge in [-0.3, -0.25) is 9.69 Å². The van der Waals surface area contributed by atoms with Crippen molar-refractivity contribution in [2.45, 2.75) is 6.92 Å². The molecule has 30 heavy (non-hydrogen) atoms. The van der Waals surface area contributed by atoms with Crippen LogP contribution in [0.5, 0.6) is 0 Å². The van der Waals surface area contributed by atoms with Gasteiger partial charge in [0.2, 0.25) is 0 Å². The first-order chi connectivity index (χ1) is 14.3. The number of Topliss-reactive ketones (excluding diaryl/α,β-unsaturated/α-hetero) is 1. The number of likely N-dealkylation sites (tertiary alicyclic amines) is 1. The van der Waals surface area contributed by atoms with Crippen molar-refractivity contribution in [1.82, 2.24) is 4.90 Å². The Labute approximate surface area is 194 Å². The van der Waals surface area contributed by atoms with Crippen LogP contribution < -0.4 is 0 Å². The van der Waals surface area contributed by atoms with Gasteiger partial charge in [-0.05, 0) is 43.3 Å². The van der Waals surface area contributed by atoms with E-state index in [1.165, 1.54) is 4.90 Å². The molecular formula is C22H17Cl4NO3. The predicted octanol–water partition coefficient (Wildman–Crippen LogP) is 6.81. The fraction of sp³-hybridized carbons (Fsp3) is 0.182. The third kappa shape index (κ3) is 5.01. The third-order valence-corrected chi connectivity index (χ3v) is 5.79. The van der Waals surface area contributed by atoms with Crippen LogP contribution in [0.1, 0.15) is 18.1 Å². The zero-order valence-electron chi connectivity index (χ0n) is 15.9. The van der Waals surface area contributed by atoms with Crippen molar-refractivity contribution in [2.75, 3.05) is 19.7 Å². The van der Waals surface area contributed by atoms with Crippen LogP contribution in [0.25, 0.3) is 12.2 Å². The second-order valence-corrected chi connectivity index (χ2v) is 8.12. The molecule has 3 rings (SSSR count). The van der Waals surface area contributed by atoms with Crippen LogP contribution in [0.2, 0.25) is 20.1 Å². The molecular weight excluding hydrogens is 468 g/mol. The average Bonchev–Trinajstić information content (AvgIpc) is 2.70. The van der Waals surface area contributed by atoms with E-state index in [4.69, 9.17) is 51.1 Å². The van der Waals surface area contributed by atoms with Crippen LogP contribution in [-0.4, -0.2) is 36.5 Å². The first-order valence-electron chi connectivity index (χ1n) is 9.07. The van der Waals surface area contributed by atoms with E-state index in [1.54, 1.807) is 55.5 Å². The summed E-state index contributed by atoms with van der Waals surface area (Å²) in [5.74, 6) is -0.248. The zero-order valence-corrected chi connectivity index (χ0v) is 18.9. The summed E-state index contributed by atoms with van der Waals surface area (Å²) in [5.41, 5.74) is 1.70. The van der Waals surface area contributed by atoms with Gasteiger partial charge in [-0.1, -0.05) is 58.5 Å². The number of rotatable bonds is 3. The Bertz CT molecular complexity index is 948. The maximum Gasteiger partial charge on any atom is 0.410 e. The Morgan fingerprint density at radius 2 is 1.30 bits per heavy atom. The number of ketones is 1. The number of halogens is 4. The Balaban J connectivity index is 2.09. The van der Waals surface area contributed by atoms with Crippen LogP contribution in [0.3, 0.4) is 0 Å². The number of hydrogen-bond donors (Lipinski definition) is 0. The SMILES string of the molecule is CCOC(=O)N1C/C(=C\c2c(Cl)cccc2Cl)C(=O)/C(=C/c2c(Cl)cccc2Cl)C1. The number of hydrogen-bond acceptors (Lipinski definition) is 3. The monoisotopic (exact) mass is 483 g/mol. The Kier molecular flexibility index (Phi) is 7.48. The molecule has 0 atom stereocenters. The molecule has 8 heteroatoms. The molecule has 0 saturated carbocycles. The van der Waals surface area contributed by atoms with E-state index in [2.05, 4.69) is 0 Å². The van der Waals surface area contributed by atoms with Crippen molar-refractivity contribution in [3.05, 3.63) is 78.8 Å². The highest BCUT2D eigenvalue weighted by molar-refractivity contribution is 6.38. The molecule has 1 saturated heterocycles. The van der Waals surface area contributed by atoms with Gasteiger partial charge in [-0.25, -0.2) is 4.79 Å². The molecule has 156 valence electrons. The number of benzene rings is 2. The lowest BCUT2D eigenvalue weighted by molar-refractivity contribution is -0.113. The molecule has 0 radical (unpaired) electrons. The Hall–Kier alpha value is -1.98. The summed E-state index contributed by atoms with van der Waals surface area (Å²) in [4.78, 5) is 27.0. The van der Waals surface area contributed by atoms with Gasteiger partial charge in [0, 0.05) is 42.4 Å². The molecule has 1 fully saturated rings. The van der Waals surface area contributed by atoms with E-state index in [9.17, 15) is 9.59 Å². The van der Waals surface area contributed by atoms with E-state index in [0.29, 0.717) is 42.4 Å². The Morgan fingerprint density at radius 3 is 1.67 bits per heavy atom. The summed E-state index contributed by atoms with van der Waals surface area (Å²) in [6.45, 7) is 2.06. The molecule has 1 heterocycles. The van der Waals surface area contributed by atoms with Crippen molar-refractivity contribution in [3.8, 4) is 0 Å². The molecule has 0 aromatic heterocycles. The molecule has 0 N–H and O–H groups in total. The van der Waals surface area contributed by atoms with Crippen LogP contribution in [0, 0.1) is 0 Å². The van der Waals surface area contributed by atoms with Crippen molar-refractivity contribution in [1.29, 1.82) is 0 Å². The second-order valence-electron chi connectivity index (χ2n) is 6.49. The molecule has 0 bridgehead atoms. The van der Waals surface area contributed by atoms with Crippen molar-refractivity contribution in [2.24, 2.45) is 0 Å². The lowest BCUT2D eigenvalue weighted by atomic mass is 9.94. The van der Waals surface area contributed by atoms with E-state index < -0.39 is 6.09 Å². The molecule has 0 aliphatic carbocycles. The van der Waals surface area contributed by atoms with Crippen LogP contribution >= 0.6 is 46.4 Å². The van der Waals surface area contributed by atoms with Gasteiger partial charge >= 0.3 is 6.09 Å². The standard InChI is InChI=1S/C22H17Cl4NO3/c1-2-30-22(29)27-11-13(9-15-17(23)5-3-6-18(15)24)21(28)14(12-27)10-16-19(25)7-4-8-20(16)26/h3-10H,2,11-12H2,1H3/b13-9+,14-10+. The van der Waals surface area contributed by atoms with E-state index >= 15 is 0 Å². The maximum absolute atomic E-state index is 13.2. The first kappa shape index (κ1) is 22.7. The summed E-state index contributed by atoms with van der Waals surface area (Å²) in [6.07, 6.45) is 2.67. The molecule has 0 spiro atoms. The van der Waals surface area contributed by atoms with Gasteiger partial charge in [0.25, 0.3) is 0 Å². The van der Waals surface area contributed by atoms with Crippen LogP contribution in [0.4, 0.5) is 4.79 Å². The number of amides is 1. The summed E-state index contributed by atoms with van der Waals surface area (Å²) >= 11 is 25.0. The first-order valence-corrected chi connectivity index (χ1v) is 10.6.